The fourth-order valence-electron chi connectivity index (χ4n) is 4.12. The van der Waals surface area contributed by atoms with E-state index < -0.39 is 0 Å². The summed E-state index contributed by atoms with van der Waals surface area (Å²) < 4.78 is 5.92. The third-order valence-electron chi connectivity index (χ3n) is 5.80. The van der Waals surface area contributed by atoms with Gasteiger partial charge in [0.25, 0.3) is 0 Å². The predicted molar refractivity (Wildman–Crippen MR) is 117 cm³/mol. The molecular formula is C19H37IN4O2. The minimum atomic E-state index is 0. The number of aliphatic imine (C=N–C) groups is 1. The summed E-state index contributed by atoms with van der Waals surface area (Å²) in [5, 5.41) is 6.92. The Morgan fingerprint density at radius 3 is 2.42 bits per heavy atom. The maximum absolute atomic E-state index is 12.1. The molecule has 2 aliphatic rings. The summed E-state index contributed by atoms with van der Waals surface area (Å²) in [6, 6.07) is 0.439. The zero-order chi connectivity index (χ0) is 18.3. The Balaban J connectivity index is 0.00000338. The summed E-state index contributed by atoms with van der Waals surface area (Å²) in [6.07, 6.45) is 5.71. The van der Waals surface area contributed by atoms with Crippen molar-refractivity contribution in [3.63, 3.8) is 0 Å². The highest BCUT2D eigenvalue weighted by atomic mass is 127. The van der Waals surface area contributed by atoms with E-state index in [1.54, 1.807) is 0 Å². The molecule has 152 valence electrons. The zero-order valence-corrected chi connectivity index (χ0v) is 19.2. The predicted octanol–water partition coefficient (Wildman–Crippen LogP) is 2.77. The summed E-state index contributed by atoms with van der Waals surface area (Å²) in [5.41, 5.74) is 0.309. The van der Waals surface area contributed by atoms with Gasteiger partial charge in [0, 0.05) is 44.1 Å². The van der Waals surface area contributed by atoms with Crippen molar-refractivity contribution in [1.29, 1.82) is 0 Å². The molecule has 0 aromatic heterocycles. The molecule has 2 rings (SSSR count). The van der Waals surface area contributed by atoms with Crippen molar-refractivity contribution in [3.05, 3.63) is 0 Å². The molecule has 0 bridgehead atoms. The molecule has 0 aromatic carbocycles. The fourth-order valence-corrected chi connectivity index (χ4v) is 4.12. The van der Waals surface area contributed by atoms with Gasteiger partial charge in [0.2, 0.25) is 5.91 Å². The number of hydrogen-bond acceptors (Lipinski definition) is 3. The molecule has 1 amide bonds. The van der Waals surface area contributed by atoms with Crippen LogP contribution in [0.3, 0.4) is 0 Å². The maximum Gasteiger partial charge on any atom is 0.224 e. The average molecular weight is 480 g/mol. The summed E-state index contributed by atoms with van der Waals surface area (Å²) in [5.74, 6) is 1.01. The number of nitrogens with one attached hydrogen (secondary N) is 2. The SMILES string of the molecule is CCNC(=NCCC(=O)N(CC)CC)NC1CC(OCC)C12CCC2.I. The summed E-state index contributed by atoms with van der Waals surface area (Å²) in [7, 11) is 0. The molecule has 0 heterocycles. The van der Waals surface area contributed by atoms with E-state index in [0.29, 0.717) is 30.5 Å². The topological polar surface area (TPSA) is 66.0 Å². The molecular weight excluding hydrogens is 443 g/mol. The molecule has 2 N–H and O–H groups in total. The van der Waals surface area contributed by atoms with Crippen molar-refractivity contribution in [2.75, 3.05) is 32.8 Å². The molecule has 1 spiro atoms. The number of carbonyl (C=O) groups is 1. The fraction of sp³-hybridized carbons (Fsp3) is 0.895. The Bertz CT molecular complexity index is 464. The van der Waals surface area contributed by atoms with Crippen LogP contribution in [0.1, 0.15) is 59.8 Å². The number of rotatable bonds is 9. The molecule has 2 atom stereocenters. The molecule has 0 saturated heterocycles. The van der Waals surface area contributed by atoms with E-state index in [1.807, 2.05) is 18.7 Å². The maximum atomic E-state index is 12.1. The second-order valence-corrected chi connectivity index (χ2v) is 7.04. The Kier molecular flexibility index (Phi) is 10.2. The number of ether oxygens (including phenoxy) is 1. The first kappa shape index (κ1) is 23.5. The van der Waals surface area contributed by atoms with E-state index in [1.165, 1.54) is 19.3 Å². The van der Waals surface area contributed by atoms with Gasteiger partial charge in [-0.3, -0.25) is 9.79 Å². The zero-order valence-electron chi connectivity index (χ0n) is 16.8. The Morgan fingerprint density at radius 2 is 1.92 bits per heavy atom. The molecule has 2 aliphatic carbocycles. The lowest BCUT2D eigenvalue weighted by molar-refractivity contribution is -0.168. The van der Waals surface area contributed by atoms with Crippen LogP contribution in [0.2, 0.25) is 0 Å². The van der Waals surface area contributed by atoms with Crippen LogP contribution >= 0.6 is 24.0 Å². The smallest absolute Gasteiger partial charge is 0.224 e. The van der Waals surface area contributed by atoms with Crippen molar-refractivity contribution < 1.29 is 9.53 Å². The van der Waals surface area contributed by atoms with Gasteiger partial charge in [0.05, 0.1) is 12.6 Å². The minimum Gasteiger partial charge on any atom is -0.378 e. The monoisotopic (exact) mass is 480 g/mol. The van der Waals surface area contributed by atoms with Gasteiger partial charge in [-0.1, -0.05) is 6.42 Å². The summed E-state index contributed by atoms with van der Waals surface area (Å²) in [6.45, 7) is 11.8. The Hall–Kier alpha value is -0.570. The Morgan fingerprint density at radius 1 is 1.23 bits per heavy atom. The lowest BCUT2D eigenvalue weighted by Gasteiger charge is -2.61. The molecule has 2 unspecified atom stereocenters. The largest absolute Gasteiger partial charge is 0.378 e. The number of halogens is 1. The molecule has 7 heteroatoms. The summed E-state index contributed by atoms with van der Waals surface area (Å²) >= 11 is 0. The average Bonchev–Trinajstić information content (AvgIpc) is 2.53. The van der Waals surface area contributed by atoms with Crippen molar-refractivity contribution >= 4 is 35.8 Å². The van der Waals surface area contributed by atoms with Gasteiger partial charge < -0.3 is 20.3 Å². The molecule has 2 saturated carbocycles. The van der Waals surface area contributed by atoms with Gasteiger partial charge in [-0.2, -0.15) is 0 Å². The number of guanidine groups is 1. The normalized spacial score (nSPS) is 23.5. The summed E-state index contributed by atoms with van der Waals surface area (Å²) in [4.78, 5) is 18.6. The van der Waals surface area contributed by atoms with Crippen LogP contribution in [0.5, 0.6) is 0 Å². The van der Waals surface area contributed by atoms with E-state index in [0.717, 1.165) is 38.6 Å². The lowest BCUT2D eigenvalue weighted by Crippen LogP contribution is -2.68. The quantitative estimate of drug-likeness (QED) is 0.303. The highest BCUT2D eigenvalue weighted by Gasteiger charge is 2.59. The van der Waals surface area contributed by atoms with Crippen LogP contribution in [0.15, 0.2) is 4.99 Å². The third kappa shape index (κ3) is 5.24. The lowest BCUT2D eigenvalue weighted by atomic mass is 9.51. The first-order valence-electron chi connectivity index (χ1n) is 10.0. The van der Waals surface area contributed by atoms with Crippen molar-refractivity contribution in [3.8, 4) is 0 Å². The van der Waals surface area contributed by atoms with Crippen LogP contribution in [0.4, 0.5) is 0 Å². The van der Waals surface area contributed by atoms with Gasteiger partial charge >= 0.3 is 0 Å². The molecule has 6 nitrogen and oxygen atoms in total. The van der Waals surface area contributed by atoms with Crippen LogP contribution in [0.25, 0.3) is 0 Å². The van der Waals surface area contributed by atoms with Gasteiger partial charge in [0.15, 0.2) is 5.96 Å². The molecule has 0 radical (unpaired) electrons. The van der Waals surface area contributed by atoms with Crippen molar-refractivity contribution in [2.24, 2.45) is 10.4 Å². The Labute approximate surface area is 175 Å². The third-order valence-corrected chi connectivity index (χ3v) is 5.80. The van der Waals surface area contributed by atoms with Crippen LogP contribution in [0, 0.1) is 5.41 Å². The van der Waals surface area contributed by atoms with Gasteiger partial charge in [-0.25, -0.2) is 0 Å². The standard InChI is InChI=1S/C19H36N4O2.HI/c1-5-20-18(21-13-10-17(24)23(6-2)7-3)22-15-14-16(25-8-4)19(15)11-9-12-19;/h15-16H,5-14H2,1-4H3,(H2,20,21,22);1H. The number of nitrogens with zero attached hydrogens (tertiary/aromatic N) is 2. The van der Waals surface area contributed by atoms with E-state index in [4.69, 9.17) is 4.74 Å². The number of hydrogen-bond donors (Lipinski definition) is 2. The van der Waals surface area contributed by atoms with Crippen LogP contribution in [-0.2, 0) is 9.53 Å². The number of amides is 1. The first-order chi connectivity index (χ1) is 12.1. The van der Waals surface area contributed by atoms with Gasteiger partial charge in [-0.15, -0.1) is 24.0 Å². The molecule has 2 fully saturated rings. The van der Waals surface area contributed by atoms with E-state index >= 15 is 0 Å². The van der Waals surface area contributed by atoms with Crippen molar-refractivity contribution in [1.82, 2.24) is 15.5 Å². The van der Waals surface area contributed by atoms with Crippen LogP contribution in [-0.4, -0.2) is 61.7 Å². The number of carbonyl (C=O) groups excluding carboxylic acids is 1. The van der Waals surface area contributed by atoms with Gasteiger partial charge in [0.1, 0.15) is 0 Å². The van der Waals surface area contributed by atoms with Crippen LogP contribution < -0.4 is 10.6 Å². The van der Waals surface area contributed by atoms with E-state index in [9.17, 15) is 4.79 Å². The first-order valence-corrected chi connectivity index (χ1v) is 10.0. The molecule has 0 aliphatic heterocycles. The molecule has 26 heavy (non-hydrogen) atoms. The second kappa shape index (κ2) is 11.3. The highest BCUT2D eigenvalue weighted by molar-refractivity contribution is 14.0. The van der Waals surface area contributed by atoms with Crippen molar-refractivity contribution in [2.45, 2.75) is 71.9 Å². The second-order valence-electron chi connectivity index (χ2n) is 7.04. The van der Waals surface area contributed by atoms with E-state index in [-0.39, 0.29) is 29.9 Å². The highest BCUT2D eigenvalue weighted by Crippen LogP contribution is 2.57. The minimum absolute atomic E-state index is 0. The molecule has 0 aromatic rings. The van der Waals surface area contributed by atoms with E-state index in [2.05, 4.69) is 29.5 Å². The van der Waals surface area contributed by atoms with Gasteiger partial charge in [-0.05, 0) is 47.0 Å².